The quantitative estimate of drug-likeness (QED) is 0.0223. The third-order valence-corrected chi connectivity index (χ3v) is 14.2. The lowest BCUT2D eigenvalue weighted by molar-refractivity contribution is -0.280. The van der Waals surface area contributed by atoms with Gasteiger partial charge in [-0.1, -0.05) is 108 Å². The van der Waals surface area contributed by atoms with Crippen LogP contribution in [0.3, 0.4) is 0 Å². The monoisotopic (exact) mass is 969 g/mol. The summed E-state index contributed by atoms with van der Waals surface area (Å²) in [5.41, 5.74) is -3.32. The van der Waals surface area contributed by atoms with Gasteiger partial charge in [0.25, 0.3) is 0 Å². The van der Waals surface area contributed by atoms with Crippen LogP contribution < -0.4 is 4.74 Å². The number of ether oxygens (including phenoxy) is 6. The van der Waals surface area contributed by atoms with Crippen molar-refractivity contribution in [2.24, 2.45) is 4.99 Å². The SMILES string of the molecule is CCCCCCCCCCCCCCCC(=O)OCC(=O)[C@]1(O)Cc2c(O)c3c(c(O)c2[C@@H](O[C@H]2C[C@H](N=Cc4ccccc4O)[C@H](OC4CCCCO4)[C@H](C)O2)C1)C(=O)c1c(OC)cccc1C3=O. The molecule has 0 saturated carbocycles. The van der Waals surface area contributed by atoms with Crippen LogP contribution in [0.2, 0.25) is 0 Å². The first-order valence-corrected chi connectivity index (χ1v) is 25.5. The Balaban J connectivity index is 1.09. The lowest BCUT2D eigenvalue weighted by Crippen LogP contribution is -2.52. The molecule has 4 N–H and O–H groups in total. The van der Waals surface area contributed by atoms with Gasteiger partial charge in [-0.25, -0.2) is 0 Å². The van der Waals surface area contributed by atoms with Gasteiger partial charge >= 0.3 is 5.97 Å². The Bertz CT molecular complexity index is 2340. The van der Waals surface area contributed by atoms with Crippen molar-refractivity contribution in [3.8, 4) is 23.0 Å². The molecule has 70 heavy (non-hydrogen) atoms. The van der Waals surface area contributed by atoms with Crippen LogP contribution in [0.5, 0.6) is 23.0 Å². The van der Waals surface area contributed by atoms with Crippen LogP contribution in [0.25, 0.3) is 0 Å². The van der Waals surface area contributed by atoms with Crippen LogP contribution in [0.4, 0.5) is 0 Å². The molecular formula is C55H71NO14. The molecule has 1 unspecified atom stereocenters. The van der Waals surface area contributed by atoms with E-state index in [9.17, 15) is 39.6 Å². The predicted octanol–water partition coefficient (Wildman–Crippen LogP) is 9.45. The zero-order chi connectivity index (χ0) is 49.8. The molecule has 7 atom stereocenters. The molecule has 2 aliphatic carbocycles. The molecule has 0 bridgehead atoms. The van der Waals surface area contributed by atoms with Crippen LogP contribution in [-0.4, -0.2) is 107 Å². The molecule has 0 radical (unpaired) electrons. The number of carbonyl (C=O) groups is 4. The molecular weight excluding hydrogens is 899 g/mol. The molecule has 380 valence electrons. The van der Waals surface area contributed by atoms with Gasteiger partial charge in [-0.05, 0) is 50.8 Å². The first-order valence-electron chi connectivity index (χ1n) is 25.5. The topological polar surface area (TPSA) is 217 Å². The van der Waals surface area contributed by atoms with Crippen molar-refractivity contribution in [3.63, 3.8) is 0 Å². The number of aliphatic imine (C=N–C) groups is 1. The largest absolute Gasteiger partial charge is 0.507 e. The molecule has 3 aromatic rings. The van der Waals surface area contributed by atoms with Gasteiger partial charge in [0.2, 0.25) is 11.6 Å². The number of phenols is 3. The van der Waals surface area contributed by atoms with Gasteiger partial charge in [0.05, 0.1) is 42.0 Å². The fraction of sp³-hybridized carbons (Fsp3) is 0.582. The van der Waals surface area contributed by atoms with E-state index in [1.807, 2.05) is 0 Å². The van der Waals surface area contributed by atoms with Crippen molar-refractivity contribution in [2.75, 3.05) is 20.3 Å². The summed E-state index contributed by atoms with van der Waals surface area (Å²) in [5, 5.41) is 47.1. The second-order valence-electron chi connectivity index (χ2n) is 19.3. The van der Waals surface area contributed by atoms with E-state index >= 15 is 0 Å². The number of phenolic OH excluding ortho intramolecular Hbond substituents is 3. The van der Waals surface area contributed by atoms with E-state index in [4.69, 9.17) is 33.4 Å². The molecule has 2 fully saturated rings. The summed E-state index contributed by atoms with van der Waals surface area (Å²) >= 11 is 0. The second kappa shape index (κ2) is 24.8. The summed E-state index contributed by atoms with van der Waals surface area (Å²) in [6.07, 6.45) is 13.6. The number of ketones is 3. The van der Waals surface area contributed by atoms with Crippen molar-refractivity contribution in [2.45, 2.75) is 185 Å². The highest BCUT2D eigenvalue weighted by atomic mass is 16.7. The predicted molar refractivity (Wildman–Crippen MR) is 260 cm³/mol. The molecule has 0 spiro atoms. The minimum absolute atomic E-state index is 0.0205. The number of aliphatic hydroxyl groups is 1. The van der Waals surface area contributed by atoms with E-state index < -0.39 is 108 Å². The number of rotatable bonds is 24. The Kier molecular flexibility index (Phi) is 18.6. The number of methoxy groups -OCH3 is 1. The number of Topliss-reactive ketones (excluding diaryl/α,β-unsaturated/α-hetero) is 1. The zero-order valence-electron chi connectivity index (χ0n) is 41.0. The summed E-state index contributed by atoms with van der Waals surface area (Å²) in [6.45, 7) is 3.77. The van der Waals surface area contributed by atoms with Crippen LogP contribution in [0, 0.1) is 0 Å². The van der Waals surface area contributed by atoms with E-state index in [1.165, 1.54) is 82.9 Å². The highest BCUT2D eigenvalue weighted by molar-refractivity contribution is 6.31. The van der Waals surface area contributed by atoms with Crippen LogP contribution >= 0.6 is 0 Å². The number of hydrogen-bond acceptors (Lipinski definition) is 15. The van der Waals surface area contributed by atoms with E-state index in [1.54, 1.807) is 31.2 Å². The average Bonchev–Trinajstić information content (AvgIpc) is 3.35. The highest BCUT2D eigenvalue weighted by Gasteiger charge is 2.51. The Hall–Kier alpha value is -5.19. The van der Waals surface area contributed by atoms with Crippen LogP contribution in [0.15, 0.2) is 47.5 Å². The minimum atomic E-state index is -2.35. The lowest BCUT2D eigenvalue weighted by Gasteiger charge is -2.43. The summed E-state index contributed by atoms with van der Waals surface area (Å²) in [4.78, 5) is 60.3. The van der Waals surface area contributed by atoms with E-state index in [2.05, 4.69) is 6.92 Å². The number of unbranched alkanes of at least 4 members (excludes halogenated alkanes) is 12. The molecule has 15 heteroatoms. The molecule has 2 saturated heterocycles. The zero-order valence-corrected chi connectivity index (χ0v) is 41.0. The van der Waals surface area contributed by atoms with Crippen LogP contribution in [0.1, 0.15) is 190 Å². The molecule has 7 rings (SSSR count). The Labute approximate surface area is 410 Å². The standard InChI is InChI=1S/C55H71NO14/c1-4-5-6-7-8-9-10-11-12-13-14-15-16-26-43(59)67-33-42(58)55(64)30-37-47(53(63)49-48(51(37)61)50(60)36-23-21-25-40(65-3)46(36)52(49)62)41(31-55)69-45-29-38(56-32-35-22-17-18-24-39(35)57)54(34(2)68-45)70-44-27-19-20-28-66-44/h17-18,21-25,32,34,38,41,44-45,54,57,61,63-64H,4-16,19-20,26-31,33H2,1-3H3/t34-,38-,41-,44?,45-,54+,55-/m0/s1. The summed E-state index contributed by atoms with van der Waals surface area (Å²) in [6, 6.07) is 10.5. The second-order valence-corrected chi connectivity index (χ2v) is 19.3. The highest BCUT2D eigenvalue weighted by Crippen LogP contribution is 2.53. The maximum absolute atomic E-state index is 14.3. The Morgan fingerprint density at radius 2 is 1.50 bits per heavy atom. The molecule has 2 aliphatic heterocycles. The number of nitrogens with zero attached hydrogens (tertiary/aromatic N) is 1. The number of fused-ring (bicyclic) bond motifs is 3. The van der Waals surface area contributed by atoms with Gasteiger partial charge in [0, 0.05) is 60.8 Å². The van der Waals surface area contributed by atoms with Gasteiger partial charge in [-0.3, -0.25) is 24.2 Å². The molecule has 4 aliphatic rings. The minimum Gasteiger partial charge on any atom is -0.507 e. The third kappa shape index (κ3) is 12.5. The number of benzene rings is 3. The third-order valence-electron chi connectivity index (χ3n) is 14.2. The average molecular weight is 970 g/mol. The van der Waals surface area contributed by atoms with Gasteiger partial charge in [-0.15, -0.1) is 0 Å². The van der Waals surface area contributed by atoms with Gasteiger partial charge in [0.15, 0.2) is 25.0 Å². The van der Waals surface area contributed by atoms with E-state index in [-0.39, 0.29) is 46.6 Å². The van der Waals surface area contributed by atoms with Crippen molar-refractivity contribution in [3.05, 3.63) is 81.4 Å². The maximum atomic E-state index is 14.3. The number of hydrogen-bond donors (Lipinski definition) is 4. The van der Waals surface area contributed by atoms with E-state index in [0.717, 1.165) is 38.5 Å². The molecule has 0 amide bonds. The molecule has 2 heterocycles. The Morgan fingerprint density at radius 3 is 2.17 bits per heavy atom. The van der Waals surface area contributed by atoms with Crippen LogP contribution in [-0.2, 0) is 39.7 Å². The van der Waals surface area contributed by atoms with E-state index in [0.29, 0.717) is 25.0 Å². The number of aromatic hydroxyl groups is 3. The normalized spacial score (nSPS) is 24.2. The van der Waals surface area contributed by atoms with Gasteiger partial charge < -0.3 is 48.8 Å². The number of carbonyl (C=O) groups excluding carboxylic acids is 4. The van der Waals surface area contributed by atoms with Crippen molar-refractivity contribution in [1.29, 1.82) is 0 Å². The van der Waals surface area contributed by atoms with Gasteiger partial charge in [-0.2, -0.15) is 0 Å². The fourth-order valence-corrected chi connectivity index (χ4v) is 10.3. The fourth-order valence-electron chi connectivity index (χ4n) is 10.3. The number of esters is 1. The Morgan fingerprint density at radius 1 is 0.814 bits per heavy atom. The van der Waals surface area contributed by atoms with Crippen molar-refractivity contribution < 1.29 is 68.0 Å². The first-order chi connectivity index (χ1) is 33.8. The summed E-state index contributed by atoms with van der Waals surface area (Å²) in [5.74, 6) is -4.31. The molecule has 0 aromatic heterocycles. The van der Waals surface area contributed by atoms with Gasteiger partial charge in [0.1, 0.15) is 34.7 Å². The maximum Gasteiger partial charge on any atom is 0.306 e. The summed E-state index contributed by atoms with van der Waals surface area (Å²) in [7, 11) is 1.34. The molecule has 15 nitrogen and oxygen atoms in total. The lowest BCUT2D eigenvalue weighted by atomic mass is 9.72. The number of para-hydroxylation sites is 1. The summed E-state index contributed by atoms with van der Waals surface area (Å²) < 4.78 is 36.3. The smallest absolute Gasteiger partial charge is 0.306 e. The van der Waals surface area contributed by atoms with Crippen molar-refractivity contribution in [1.82, 2.24) is 0 Å². The van der Waals surface area contributed by atoms with Crippen molar-refractivity contribution >= 4 is 29.5 Å². The first kappa shape index (κ1) is 52.6. The molecule has 3 aromatic carbocycles.